The van der Waals surface area contributed by atoms with Gasteiger partial charge in [-0.05, 0) is 35.2 Å². The smallest absolute Gasteiger partial charge is 0.269 e. The number of hydrogen-bond donors (Lipinski definition) is 3. The SMILES string of the molecule is CC(C)(C)c1ccc(C(=O)NNC(=O)CCNS(=O)(=O)c2ccccc2)cc1. The second-order valence-corrected chi connectivity index (χ2v) is 9.06. The van der Waals surface area contributed by atoms with Gasteiger partial charge in [0.2, 0.25) is 15.9 Å². The summed E-state index contributed by atoms with van der Waals surface area (Å²) in [4.78, 5) is 24.0. The fraction of sp³-hybridized carbons (Fsp3) is 0.300. The molecule has 0 bridgehead atoms. The van der Waals surface area contributed by atoms with Gasteiger partial charge in [-0.3, -0.25) is 20.4 Å². The van der Waals surface area contributed by atoms with E-state index in [-0.39, 0.29) is 23.3 Å². The van der Waals surface area contributed by atoms with Crippen LogP contribution < -0.4 is 15.6 Å². The Morgan fingerprint density at radius 3 is 2.07 bits per heavy atom. The van der Waals surface area contributed by atoms with Crippen LogP contribution in [0.25, 0.3) is 0 Å². The van der Waals surface area contributed by atoms with Crippen LogP contribution in [-0.2, 0) is 20.2 Å². The molecule has 0 aromatic heterocycles. The van der Waals surface area contributed by atoms with Gasteiger partial charge in [-0.2, -0.15) is 0 Å². The summed E-state index contributed by atoms with van der Waals surface area (Å²) in [7, 11) is -3.66. The first-order chi connectivity index (χ1) is 13.1. The van der Waals surface area contributed by atoms with E-state index in [4.69, 9.17) is 0 Å². The largest absolute Gasteiger partial charge is 0.273 e. The first kappa shape index (κ1) is 21.6. The van der Waals surface area contributed by atoms with Crippen molar-refractivity contribution < 1.29 is 18.0 Å². The topological polar surface area (TPSA) is 104 Å². The number of sulfonamides is 1. The highest BCUT2D eigenvalue weighted by atomic mass is 32.2. The van der Waals surface area contributed by atoms with Crippen LogP contribution >= 0.6 is 0 Å². The molecule has 0 saturated carbocycles. The van der Waals surface area contributed by atoms with Crippen LogP contribution in [-0.4, -0.2) is 26.8 Å². The van der Waals surface area contributed by atoms with Gasteiger partial charge >= 0.3 is 0 Å². The molecule has 0 fully saturated rings. The molecule has 0 atom stereocenters. The van der Waals surface area contributed by atoms with E-state index in [1.165, 1.54) is 12.1 Å². The number of benzene rings is 2. The summed E-state index contributed by atoms with van der Waals surface area (Å²) in [6, 6.07) is 15.0. The van der Waals surface area contributed by atoms with Crippen molar-refractivity contribution in [2.75, 3.05) is 6.54 Å². The van der Waals surface area contributed by atoms with Crippen LogP contribution in [0.4, 0.5) is 0 Å². The van der Waals surface area contributed by atoms with Gasteiger partial charge in [0.05, 0.1) is 4.90 Å². The lowest BCUT2D eigenvalue weighted by Crippen LogP contribution is -2.42. The predicted molar refractivity (Wildman–Crippen MR) is 107 cm³/mol. The molecule has 0 aliphatic heterocycles. The van der Waals surface area contributed by atoms with Gasteiger partial charge in [0.1, 0.15) is 0 Å². The van der Waals surface area contributed by atoms with Gasteiger partial charge in [-0.1, -0.05) is 51.1 Å². The first-order valence-corrected chi connectivity index (χ1v) is 10.3. The van der Waals surface area contributed by atoms with Crippen LogP contribution in [0.2, 0.25) is 0 Å². The molecular formula is C20H25N3O4S. The Balaban J connectivity index is 1.78. The molecule has 2 aromatic carbocycles. The average molecular weight is 404 g/mol. The Morgan fingerprint density at radius 2 is 1.50 bits per heavy atom. The van der Waals surface area contributed by atoms with Gasteiger partial charge in [0.25, 0.3) is 5.91 Å². The van der Waals surface area contributed by atoms with Crippen molar-refractivity contribution in [2.24, 2.45) is 0 Å². The number of hydrogen-bond acceptors (Lipinski definition) is 4. The van der Waals surface area contributed by atoms with Gasteiger partial charge in [0.15, 0.2) is 0 Å². The van der Waals surface area contributed by atoms with Gasteiger partial charge in [0, 0.05) is 18.5 Å². The average Bonchev–Trinajstić information content (AvgIpc) is 2.66. The zero-order valence-electron chi connectivity index (χ0n) is 16.2. The van der Waals surface area contributed by atoms with Crippen molar-refractivity contribution in [3.8, 4) is 0 Å². The molecule has 0 spiro atoms. The minimum Gasteiger partial charge on any atom is -0.273 e. The van der Waals surface area contributed by atoms with Crippen molar-refractivity contribution in [3.63, 3.8) is 0 Å². The Hall–Kier alpha value is -2.71. The molecule has 0 aliphatic carbocycles. The van der Waals surface area contributed by atoms with Crippen LogP contribution in [0.15, 0.2) is 59.5 Å². The molecule has 0 radical (unpaired) electrons. The van der Waals surface area contributed by atoms with Gasteiger partial charge < -0.3 is 0 Å². The minimum atomic E-state index is -3.66. The Labute approximate surface area is 165 Å². The van der Waals surface area contributed by atoms with Crippen LogP contribution in [0.5, 0.6) is 0 Å². The summed E-state index contributed by atoms with van der Waals surface area (Å²) in [5.74, 6) is -0.950. The van der Waals surface area contributed by atoms with E-state index in [2.05, 4.69) is 36.3 Å². The molecule has 28 heavy (non-hydrogen) atoms. The number of carbonyl (C=O) groups is 2. The molecule has 150 valence electrons. The van der Waals surface area contributed by atoms with E-state index < -0.39 is 21.8 Å². The molecule has 8 heteroatoms. The highest BCUT2D eigenvalue weighted by Gasteiger charge is 2.15. The Morgan fingerprint density at radius 1 is 0.893 bits per heavy atom. The van der Waals surface area contributed by atoms with Gasteiger partial charge in [-0.25, -0.2) is 13.1 Å². The zero-order valence-corrected chi connectivity index (χ0v) is 17.0. The summed E-state index contributed by atoms with van der Waals surface area (Å²) >= 11 is 0. The lowest BCUT2D eigenvalue weighted by molar-refractivity contribution is -0.121. The van der Waals surface area contributed by atoms with E-state index in [1.807, 2.05) is 12.1 Å². The molecule has 2 aromatic rings. The van der Waals surface area contributed by atoms with Crippen molar-refractivity contribution in [1.29, 1.82) is 0 Å². The summed E-state index contributed by atoms with van der Waals surface area (Å²) in [6.45, 7) is 6.15. The molecule has 7 nitrogen and oxygen atoms in total. The van der Waals surface area contributed by atoms with Crippen LogP contribution in [0.1, 0.15) is 43.1 Å². The molecular weight excluding hydrogens is 378 g/mol. The number of amides is 2. The second kappa shape index (κ2) is 8.99. The van der Waals surface area contributed by atoms with E-state index >= 15 is 0 Å². The van der Waals surface area contributed by atoms with Crippen molar-refractivity contribution in [3.05, 3.63) is 65.7 Å². The van der Waals surface area contributed by atoms with E-state index in [1.54, 1.807) is 30.3 Å². The lowest BCUT2D eigenvalue weighted by Gasteiger charge is -2.19. The minimum absolute atomic E-state index is 0.0176. The fourth-order valence-electron chi connectivity index (χ4n) is 2.36. The summed E-state index contributed by atoms with van der Waals surface area (Å²) in [5, 5.41) is 0. The molecule has 2 rings (SSSR count). The monoisotopic (exact) mass is 403 g/mol. The first-order valence-electron chi connectivity index (χ1n) is 8.84. The Bertz CT molecular complexity index is 918. The van der Waals surface area contributed by atoms with Crippen molar-refractivity contribution in [1.82, 2.24) is 15.6 Å². The number of hydrazine groups is 1. The van der Waals surface area contributed by atoms with Crippen LogP contribution in [0, 0.1) is 0 Å². The summed E-state index contributed by atoms with van der Waals surface area (Å²) < 4.78 is 26.4. The van der Waals surface area contributed by atoms with Crippen molar-refractivity contribution >= 4 is 21.8 Å². The highest BCUT2D eigenvalue weighted by Crippen LogP contribution is 2.22. The molecule has 3 N–H and O–H groups in total. The highest BCUT2D eigenvalue weighted by molar-refractivity contribution is 7.89. The van der Waals surface area contributed by atoms with Crippen LogP contribution in [0.3, 0.4) is 0 Å². The number of nitrogens with one attached hydrogen (secondary N) is 3. The summed E-state index contributed by atoms with van der Waals surface area (Å²) in [6.07, 6.45) is -0.116. The van der Waals surface area contributed by atoms with Gasteiger partial charge in [-0.15, -0.1) is 0 Å². The van der Waals surface area contributed by atoms with E-state index in [0.29, 0.717) is 5.56 Å². The number of rotatable bonds is 6. The zero-order chi connectivity index (χ0) is 20.8. The maximum absolute atomic E-state index is 12.1. The second-order valence-electron chi connectivity index (χ2n) is 7.29. The lowest BCUT2D eigenvalue weighted by atomic mass is 9.87. The third kappa shape index (κ3) is 6.17. The molecule has 2 amide bonds. The Kier molecular flexibility index (Phi) is 6.93. The molecule has 0 unspecified atom stereocenters. The van der Waals surface area contributed by atoms with E-state index in [0.717, 1.165) is 5.56 Å². The van der Waals surface area contributed by atoms with Crippen molar-refractivity contribution in [2.45, 2.75) is 37.5 Å². The summed E-state index contributed by atoms with van der Waals surface area (Å²) in [5.41, 5.74) is 6.09. The maximum atomic E-state index is 12.1. The molecule has 0 heterocycles. The third-order valence-electron chi connectivity index (χ3n) is 4.03. The third-order valence-corrected chi connectivity index (χ3v) is 5.50. The quantitative estimate of drug-likeness (QED) is 0.643. The standard InChI is InChI=1S/C20H25N3O4S/c1-20(2,3)16-11-9-15(10-12-16)19(25)23-22-18(24)13-14-21-28(26,27)17-7-5-4-6-8-17/h4-12,21H,13-14H2,1-3H3,(H,22,24)(H,23,25). The maximum Gasteiger partial charge on any atom is 0.269 e. The fourth-order valence-corrected chi connectivity index (χ4v) is 3.42. The molecule has 0 saturated heterocycles. The predicted octanol–water partition coefficient (Wildman–Crippen LogP) is 2.11. The van der Waals surface area contributed by atoms with E-state index in [9.17, 15) is 18.0 Å². The normalized spacial score (nSPS) is 11.7. The number of carbonyl (C=O) groups excluding carboxylic acids is 2. The molecule has 0 aliphatic rings.